The molecule has 2 N–H and O–H groups in total. The first-order valence-electron chi connectivity index (χ1n) is 7.55. The van der Waals surface area contributed by atoms with Crippen LogP contribution in [0.15, 0.2) is 29.5 Å². The summed E-state index contributed by atoms with van der Waals surface area (Å²) in [6, 6.07) is 5.52. The molecule has 1 aromatic carbocycles. The van der Waals surface area contributed by atoms with Gasteiger partial charge in [0.1, 0.15) is 6.61 Å². The minimum atomic E-state index is -0.347. The Labute approximate surface area is 139 Å². The molecule has 24 heavy (non-hydrogen) atoms. The van der Waals surface area contributed by atoms with Crippen LogP contribution in [-0.2, 0) is 9.47 Å². The van der Waals surface area contributed by atoms with Crippen molar-refractivity contribution in [3.05, 3.63) is 35.7 Å². The van der Waals surface area contributed by atoms with Crippen molar-refractivity contribution in [1.29, 1.82) is 0 Å². The summed E-state index contributed by atoms with van der Waals surface area (Å²) in [6.07, 6.45) is 3.08. The molecule has 0 atom stereocenters. The fourth-order valence-electron chi connectivity index (χ4n) is 2.27. The molecule has 3 rings (SSSR count). The van der Waals surface area contributed by atoms with Crippen molar-refractivity contribution in [2.45, 2.75) is 13.2 Å². The van der Waals surface area contributed by atoms with E-state index in [0.717, 1.165) is 11.3 Å². The van der Waals surface area contributed by atoms with Crippen LogP contribution in [0.5, 0.6) is 11.5 Å². The van der Waals surface area contributed by atoms with Crippen molar-refractivity contribution in [1.82, 2.24) is 9.66 Å². The highest BCUT2D eigenvalue weighted by Crippen LogP contribution is 2.28. The molecule has 1 saturated heterocycles. The van der Waals surface area contributed by atoms with Crippen molar-refractivity contribution >= 4 is 12.2 Å². The summed E-state index contributed by atoms with van der Waals surface area (Å²) in [5.41, 5.74) is 7.41. The van der Waals surface area contributed by atoms with Gasteiger partial charge < -0.3 is 24.7 Å². The number of nitrogen functional groups attached to an aromatic ring is 1. The third-order valence-corrected chi connectivity index (χ3v) is 3.42. The number of imidazole rings is 1. The molecule has 0 radical (unpaired) electrons. The van der Waals surface area contributed by atoms with E-state index >= 15 is 0 Å². The lowest BCUT2D eigenvalue weighted by Crippen LogP contribution is -2.18. The number of ether oxygens (including phenoxy) is 4. The number of nitrogens with zero attached hydrogens (tertiary/aromatic N) is 3. The number of anilines is 1. The first-order valence-corrected chi connectivity index (χ1v) is 7.55. The molecule has 1 aliphatic rings. The average molecular weight is 332 g/mol. The molecule has 1 aromatic heterocycles. The van der Waals surface area contributed by atoms with Gasteiger partial charge in [-0.3, -0.25) is 0 Å². The van der Waals surface area contributed by atoms with Crippen LogP contribution in [0.1, 0.15) is 11.3 Å². The van der Waals surface area contributed by atoms with Gasteiger partial charge in [0, 0.05) is 0 Å². The lowest BCUT2D eigenvalue weighted by molar-refractivity contribution is -0.0687. The molecule has 8 nitrogen and oxygen atoms in total. The Hall–Kier alpha value is -2.58. The van der Waals surface area contributed by atoms with Gasteiger partial charge in [0.05, 0.1) is 38.4 Å². The molecule has 1 aliphatic heterocycles. The molecule has 0 saturated carbocycles. The Kier molecular flexibility index (Phi) is 4.97. The molecule has 0 amide bonds. The second kappa shape index (κ2) is 7.33. The Balaban J connectivity index is 1.73. The van der Waals surface area contributed by atoms with E-state index in [4.69, 9.17) is 24.7 Å². The lowest BCUT2D eigenvalue weighted by Gasteiger charge is -2.14. The van der Waals surface area contributed by atoms with Crippen LogP contribution in [0.3, 0.4) is 0 Å². The van der Waals surface area contributed by atoms with Gasteiger partial charge in [-0.25, -0.2) is 9.66 Å². The topological polar surface area (TPSA) is 93.1 Å². The number of aromatic nitrogens is 2. The predicted octanol–water partition coefficient (Wildman–Crippen LogP) is 1.42. The van der Waals surface area contributed by atoms with Gasteiger partial charge in [-0.2, -0.15) is 5.10 Å². The van der Waals surface area contributed by atoms with E-state index in [2.05, 4.69) is 10.1 Å². The number of benzene rings is 1. The molecule has 8 heteroatoms. The summed E-state index contributed by atoms with van der Waals surface area (Å²) in [6.45, 7) is 3.33. The maximum atomic E-state index is 5.76. The average Bonchev–Trinajstić information content (AvgIpc) is 3.20. The summed E-state index contributed by atoms with van der Waals surface area (Å²) in [5.74, 6) is 1.56. The summed E-state index contributed by atoms with van der Waals surface area (Å²) < 4.78 is 23.3. The predicted molar refractivity (Wildman–Crippen MR) is 88.5 cm³/mol. The molecular weight excluding hydrogens is 312 g/mol. The van der Waals surface area contributed by atoms with Gasteiger partial charge in [0.15, 0.2) is 17.8 Å². The number of nitrogens with two attached hydrogens (primary N) is 1. The zero-order valence-corrected chi connectivity index (χ0v) is 13.6. The SMILES string of the molecule is COc1ccc(C=Nn2cc(C)nc2N)cc1OCC1OCCO1. The molecule has 2 heterocycles. The first kappa shape index (κ1) is 16.3. The Morgan fingerprint density at radius 1 is 1.38 bits per heavy atom. The largest absolute Gasteiger partial charge is 0.493 e. The van der Waals surface area contributed by atoms with E-state index in [9.17, 15) is 0 Å². The normalized spacial score (nSPS) is 15.2. The second-order valence-corrected chi connectivity index (χ2v) is 5.22. The van der Waals surface area contributed by atoms with Gasteiger partial charge in [0.2, 0.25) is 5.95 Å². The van der Waals surface area contributed by atoms with E-state index in [1.54, 1.807) is 19.5 Å². The van der Waals surface area contributed by atoms with E-state index < -0.39 is 0 Å². The fourth-order valence-corrected chi connectivity index (χ4v) is 2.27. The van der Waals surface area contributed by atoms with Crippen LogP contribution in [-0.4, -0.2) is 49.1 Å². The quantitative estimate of drug-likeness (QED) is 0.804. The van der Waals surface area contributed by atoms with Gasteiger partial charge in [-0.05, 0) is 30.7 Å². The zero-order chi connectivity index (χ0) is 16.9. The maximum Gasteiger partial charge on any atom is 0.221 e. The van der Waals surface area contributed by atoms with Crippen molar-refractivity contribution in [2.75, 3.05) is 32.7 Å². The number of methoxy groups -OCH3 is 1. The molecule has 0 bridgehead atoms. The van der Waals surface area contributed by atoms with Crippen LogP contribution in [0.25, 0.3) is 0 Å². The van der Waals surface area contributed by atoms with E-state index in [-0.39, 0.29) is 6.29 Å². The van der Waals surface area contributed by atoms with Gasteiger partial charge >= 0.3 is 0 Å². The summed E-state index contributed by atoms with van der Waals surface area (Å²) in [5, 5.41) is 4.29. The molecule has 0 unspecified atom stereocenters. The van der Waals surface area contributed by atoms with Crippen LogP contribution in [0, 0.1) is 6.92 Å². The minimum absolute atomic E-state index is 0.296. The number of hydrogen-bond acceptors (Lipinski definition) is 7. The van der Waals surface area contributed by atoms with E-state index in [0.29, 0.717) is 37.3 Å². The van der Waals surface area contributed by atoms with Gasteiger partial charge in [-0.15, -0.1) is 0 Å². The van der Waals surface area contributed by atoms with Gasteiger partial charge in [-0.1, -0.05) is 0 Å². The Morgan fingerprint density at radius 3 is 2.83 bits per heavy atom. The maximum absolute atomic E-state index is 5.76. The minimum Gasteiger partial charge on any atom is -0.493 e. The van der Waals surface area contributed by atoms with Crippen LogP contribution < -0.4 is 15.2 Å². The van der Waals surface area contributed by atoms with Crippen molar-refractivity contribution in [3.63, 3.8) is 0 Å². The van der Waals surface area contributed by atoms with Crippen LogP contribution in [0.4, 0.5) is 5.95 Å². The molecular formula is C16H20N4O4. The number of hydrogen-bond donors (Lipinski definition) is 1. The standard InChI is InChI=1S/C16H20N4O4/c1-11-9-20(16(17)19-11)18-8-12-3-4-13(21-2)14(7-12)24-10-15-22-5-6-23-15/h3-4,7-9,15H,5-6,10H2,1-2H3,(H2,17,19). The number of rotatable bonds is 6. The molecule has 128 valence electrons. The Bertz CT molecular complexity index is 723. The van der Waals surface area contributed by atoms with Gasteiger partial charge in [0.25, 0.3) is 0 Å². The van der Waals surface area contributed by atoms with Crippen LogP contribution >= 0.6 is 0 Å². The third-order valence-electron chi connectivity index (χ3n) is 3.42. The third kappa shape index (κ3) is 3.84. The molecule has 0 aliphatic carbocycles. The monoisotopic (exact) mass is 332 g/mol. The molecule has 2 aromatic rings. The van der Waals surface area contributed by atoms with Crippen molar-refractivity contribution < 1.29 is 18.9 Å². The smallest absolute Gasteiger partial charge is 0.221 e. The van der Waals surface area contributed by atoms with Crippen LogP contribution in [0.2, 0.25) is 0 Å². The Morgan fingerprint density at radius 2 is 2.17 bits per heavy atom. The first-order chi connectivity index (χ1) is 11.7. The van der Waals surface area contributed by atoms with E-state index in [1.165, 1.54) is 4.68 Å². The summed E-state index contributed by atoms with van der Waals surface area (Å²) >= 11 is 0. The number of aryl methyl sites for hydroxylation is 1. The highest BCUT2D eigenvalue weighted by molar-refractivity contribution is 5.81. The summed E-state index contributed by atoms with van der Waals surface area (Å²) in [7, 11) is 1.59. The molecule has 1 fully saturated rings. The second-order valence-electron chi connectivity index (χ2n) is 5.22. The zero-order valence-electron chi connectivity index (χ0n) is 13.6. The fraction of sp³-hybridized carbons (Fsp3) is 0.375. The highest BCUT2D eigenvalue weighted by atomic mass is 16.7. The van der Waals surface area contributed by atoms with Crippen molar-refractivity contribution in [3.8, 4) is 11.5 Å². The molecule has 0 spiro atoms. The van der Waals surface area contributed by atoms with E-state index in [1.807, 2.05) is 25.1 Å². The highest BCUT2D eigenvalue weighted by Gasteiger charge is 2.17. The lowest BCUT2D eigenvalue weighted by atomic mass is 10.2. The van der Waals surface area contributed by atoms with Crippen molar-refractivity contribution in [2.24, 2.45) is 5.10 Å². The summed E-state index contributed by atoms with van der Waals surface area (Å²) in [4.78, 5) is 4.10.